The Hall–Kier alpha value is -1.04. The predicted molar refractivity (Wildman–Crippen MR) is 80.0 cm³/mol. The molecular formula is C13H19Cl2FN2O2. The van der Waals surface area contributed by atoms with E-state index in [-0.39, 0.29) is 35.0 Å². The summed E-state index contributed by atoms with van der Waals surface area (Å²) in [4.78, 5) is 11.8. The first-order valence-corrected chi connectivity index (χ1v) is 6.41. The molecular weight excluding hydrogens is 306 g/mol. The summed E-state index contributed by atoms with van der Waals surface area (Å²) in [5.74, 6) is -0.241. The van der Waals surface area contributed by atoms with Crippen molar-refractivity contribution in [3.8, 4) is 5.75 Å². The minimum atomic E-state index is -0.715. The number of carbonyl (C=O) groups is 1. The Kier molecular flexibility index (Phi) is 8.53. The highest BCUT2D eigenvalue weighted by atomic mass is 35.5. The minimum Gasteiger partial charge on any atom is -0.479 e. The van der Waals surface area contributed by atoms with Gasteiger partial charge < -0.3 is 15.8 Å². The van der Waals surface area contributed by atoms with Crippen molar-refractivity contribution in [1.29, 1.82) is 0 Å². The number of ether oxygens (including phenoxy) is 1. The average Bonchev–Trinajstić information content (AvgIpc) is 2.38. The van der Waals surface area contributed by atoms with Crippen LogP contribution in [0.1, 0.15) is 13.8 Å². The fourth-order valence-electron chi connectivity index (χ4n) is 1.32. The van der Waals surface area contributed by atoms with Gasteiger partial charge in [0.05, 0.1) is 5.02 Å². The molecule has 1 aromatic rings. The van der Waals surface area contributed by atoms with Gasteiger partial charge in [0.1, 0.15) is 11.6 Å². The molecule has 0 radical (unpaired) electrons. The third-order valence-electron chi connectivity index (χ3n) is 2.59. The number of benzene rings is 1. The van der Waals surface area contributed by atoms with Gasteiger partial charge in [0.15, 0.2) is 6.10 Å². The van der Waals surface area contributed by atoms with Gasteiger partial charge in [-0.1, -0.05) is 18.5 Å². The van der Waals surface area contributed by atoms with Crippen LogP contribution < -0.4 is 15.8 Å². The van der Waals surface area contributed by atoms with Gasteiger partial charge in [0, 0.05) is 6.54 Å². The van der Waals surface area contributed by atoms with Gasteiger partial charge in [0.2, 0.25) is 0 Å². The number of nitrogens with two attached hydrogens (primary N) is 1. The molecule has 4 nitrogen and oxygen atoms in total. The van der Waals surface area contributed by atoms with Gasteiger partial charge in [-0.05, 0) is 37.6 Å². The lowest BCUT2D eigenvalue weighted by Gasteiger charge is -2.17. The predicted octanol–water partition coefficient (Wildman–Crippen LogP) is 2.38. The van der Waals surface area contributed by atoms with E-state index in [0.29, 0.717) is 13.1 Å². The van der Waals surface area contributed by atoms with Crippen LogP contribution in [0.25, 0.3) is 0 Å². The normalized spacial score (nSPS) is 13.1. The van der Waals surface area contributed by atoms with E-state index < -0.39 is 11.9 Å². The van der Waals surface area contributed by atoms with E-state index in [2.05, 4.69) is 5.32 Å². The summed E-state index contributed by atoms with van der Waals surface area (Å²) in [5.41, 5.74) is 5.46. The molecule has 0 aromatic heterocycles. The molecule has 0 spiro atoms. The van der Waals surface area contributed by atoms with Gasteiger partial charge in [-0.25, -0.2) is 4.39 Å². The Bertz CT molecular complexity index is 446. The standard InChI is InChI=1S/C13H18ClFN2O2.ClH/c1-8(6-16)7-17-13(18)9(2)19-12-4-3-10(15)5-11(12)14;/h3-5,8-9H,6-7,16H2,1-2H3,(H,17,18);1H. The first-order valence-electron chi connectivity index (χ1n) is 6.03. The number of hydrogen-bond acceptors (Lipinski definition) is 3. The first kappa shape index (κ1) is 19.0. The molecule has 0 saturated heterocycles. The van der Waals surface area contributed by atoms with Gasteiger partial charge in [-0.3, -0.25) is 4.79 Å². The molecule has 2 atom stereocenters. The molecule has 114 valence electrons. The van der Waals surface area contributed by atoms with Crippen molar-refractivity contribution in [3.63, 3.8) is 0 Å². The van der Waals surface area contributed by atoms with Crippen LogP contribution in [-0.4, -0.2) is 25.1 Å². The highest BCUT2D eigenvalue weighted by Gasteiger charge is 2.16. The molecule has 0 heterocycles. The van der Waals surface area contributed by atoms with Gasteiger partial charge in [0.25, 0.3) is 5.91 Å². The topological polar surface area (TPSA) is 64.3 Å². The average molecular weight is 325 g/mol. The smallest absolute Gasteiger partial charge is 0.260 e. The maximum Gasteiger partial charge on any atom is 0.260 e. The van der Waals surface area contributed by atoms with Crippen molar-refractivity contribution in [3.05, 3.63) is 29.0 Å². The minimum absolute atomic E-state index is 0. The molecule has 0 saturated carbocycles. The molecule has 0 fully saturated rings. The third-order valence-corrected chi connectivity index (χ3v) is 2.89. The molecule has 0 aliphatic heterocycles. The second kappa shape index (κ2) is 9.00. The number of rotatable bonds is 6. The summed E-state index contributed by atoms with van der Waals surface area (Å²) in [6.45, 7) is 4.52. The van der Waals surface area contributed by atoms with Gasteiger partial charge in [-0.2, -0.15) is 0 Å². The summed E-state index contributed by atoms with van der Waals surface area (Å²) in [7, 11) is 0. The Morgan fingerprint density at radius 3 is 2.70 bits per heavy atom. The summed E-state index contributed by atoms with van der Waals surface area (Å²) in [6.07, 6.45) is -0.715. The summed E-state index contributed by atoms with van der Waals surface area (Å²) in [6, 6.07) is 3.75. The maximum absolute atomic E-state index is 12.9. The Labute approximate surface area is 129 Å². The van der Waals surface area contributed by atoms with Crippen molar-refractivity contribution in [2.24, 2.45) is 11.7 Å². The van der Waals surface area contributed by atoms with Crippen LogP contribution in [0, 0.1) is 11.7 Å². The van der Waals surface area contributed by atoms with Gasteiger partial charge >= 0.3 is 0 Å². The van der Waals surface area contributed by atoms with E-state index in [0.717, 1.165) is 6.07 Å². The monoisotopic (exact) mass is 324 g/mol. The molecule has 1 rings (SSSR count). The van der Waals surface area contributed by atoms with Crippen LogP contribution in [0.15, 0.2) is 18.2 Å². The van der Waals surface area contributed by atoms with Crippen molar-refractivity contribution in [2.75, 3.05) is 13.1 Å². The second-order valence-electron chi connectivity index (χ2n) is 4.42. The van der Waals surface area contributed by atoms with E-state index in [9.17, 15) is 9.18 Å². The van der Waals surface area contributed by atoms with Gasteiger partial charge in [-0.15, -0.1) is 12.4 Å². The Balaban J connectivity index is 0.00000361. The number of nitrogens with one attached hydrogen (secondary N) is 1. The third kappa shape index (κ3) is 5.94. The van der Waals surface area contributed by atoms with E-state index in [1.54, 1.807) is 6.92 Å². The summed E-state index contributed by atoms with van der Waals surface area (Å²) < 4.78 is 18.2. The largest absolute Gasteiger partial charge is 0.479 e. The molecule has 20 heavy (non-hydrogen) atoms. The van der Waals surface area contributed by atoms with E-state index in [1.807, 2.05) is 6.92 Å². The molecule has 3 N–H and O–H groups in total. The zero-order valence-corrected chi connectivity index (χ0v) is 12.9. The zero-order chi connectivity index (χ0) is 14.4. The fourth-order valence-corrected chi connectivity index (χ4v) is 1.53. The molecule has 0 aliphatic rings. The number of carbonyl (C=O) groups excluding carboxylic acids is 1. The molecule has 2 unspecified atom stereocenters. The zero-order valence-electron chi connectivity index (χ0n) is 11.4. The lowest BCUT2D eigenvalue weighted by atomic mass is 10.2. The second-order valence-corrected chi connectivity index (χ2v) is 4.83. The lowest BCUT2D eigenvalue weighted by Crippen LogP contribution is -2.39. The maximum atomic E-state index is 12.9. The first-order chi connectivity index (χ1) is 8.93. The number of amides is 1. The Morgan fingerprint density at radius 2 is 2.15 bits per heavy atom. The van der Waals surface area contributed by atoms with Crippen LogP contribution in [0.3, 0.4) is 0 Å². The Morgan fingerprint density at radius 1 is 1.50 bits per heavy atom. The quantitative estimate of drug-likeness (QED) is 0.844. The van der Waals surface area contributed by atoms with Crippen molar-refractivity contribution in [2.45, 2.75) is 20.0 Å². The van der Waals surface area contributed by atoms with E-state index >= 15 is 0 Å². The molecule has 7 heteroatoms. The highest BCUT2D eigenvalue weighted by molar-refractivity contribution is 6.32. The van der Waals surface area contributed by atoms with E-state index in [4.69, 9.17) is 22.1 Å². The fraction of sp³-hybridized carbons (Fsp3) is 0.462. The van der Waals surface area contributed by atoms with Crippen LogP contribution in [-0.2, 0) is 4.79 Å². The lowest BCUT2D eigenvalue weighted by molar-refractivity contribution is -0.127. The van der Waals surface area contributed by atoms with Crippen LogP contribution in [0.4, 0.5) is 4.39 Å². The SMILES string of the molecule is CC(CN)CNC(=O)C(C)Oc1ccc(F)cc1Cl.Cl. The van der Waals surface area contributed by atoms with E-state index in [1.165, 1.54) is 12.1 Å². The molecule has 1 aromatic carbocycles. The molecule has 0 aliphatic carbocycles. The summed E-state index contributed by atoms with van der Waals surface area (Å²) in [5, 5.41) is 2.86. The molecule has 1 amide bonds. The highest BCUT2D eigenvalue weighted by Crippen LogP contribution is 2.25. The van der Waals surface area contributed by atoms with Crippen LogP contribution in [0.5, 0.6) is 5.75 Å². The van der Waals surface area contributed by atoms with Crippen molar-refractivity contribution >= 4 is 29.9 Å². The van der Waals surface area contributed by atoms with Crippen LogP contribution in [0.2, 0.25) is 5.02 Å². The summed E-state index contributed by atoms with van der Waals surface area (Å²) >= 11 is 5.82. The van der Waals surface area contributed by atoms with Crippen LogP contribution >= 0.6 is 24.0 Å². The number of hydrogen-bond donors (Lipinski definition) is 2. The van der Waals surface area contributed by atoms with Crippen molar-refractivity contribution < 1.29 is 13.9 Å². The van der Waals surface area contributed by atoms with Crippen molar-refractivity contribution in [1.82, 2.24) is 5.32 Å². The molecule has 0 bridgehead atoms. The number of halogens is 3.